The molecule has 0 bridgehead atoms. The van der Waals surface area contributed by atoms with Gasteiger partial charge in [-0.25, -0.2) is 4.39 Å². The first-order chi connectivity index (χ1) is 7.68. The second-order valence-electron chi connectivity index (χ2n) is 4.49. The second-order valence-corrected chi connectivity index (χ2v) is 4.49. The van der Waals surface area contributed by atoms with Gasteiger partial charge in [-0.15, -0.1) is 0 Å². The first-order valence-electron chi connectivity index (χ1n) is 5.73. The van der Waals surface area contributed by atoms with E-state index in [0.717, 1.165) is 25.0 Å². The fourth-order valence-corrected chi connectivity index (χ4v) is 2.15. The number of hydrogen-bond acceptors (Lipinski definition) is 2. The second kappa shape index (κ2) is 4.93. The zero-order valence-electron chi connectivity index (χ0n) is 9.29. The highest BCUT2D eigenvalue weighted by molar-refractivity contribution is 5.18. The predicted molar refractivity (Wildman–Crippen MR) is 59.7 cm³/mol. The summed E-state index contributed by atoms with van der Waals surface area (Å²) < 4.78 is 18.1. The van der Waals surface area contributed by atoms with E-state index < -0.39 is 5.60 Å². The van der Waals surface area contributed by atoms with Crippen LogP contribution in [-0.4, -0.2) is 23.9 Å². The van der Waals surface area contributed by atoms with Gasteiger partial charge < -0.3 is 9.84 Å². The molecule has 0 spiro atoms. The lowest BCUT2D eigenvalue weighted by Crippen LogP contribution is -2.31. The van der Waals surface area contributed by atoms with Gasteiger partial charge >= 0.3 is 0 Å². The van der Waals surface area contributed by atoms with E-state index in [1.54, 1.807) is 12.1 Å². The van der Waals surface area contributed by atoms with Crippen LogP contribution in [0.15, 0.2) is 24.3 Å². The van der Waals surface area contributed by atoms with Crippen LogP contribution in [0.25, 0.3) is 0 Å². The fraction of sp³-hybridized carbons (Fsp3) is 0.538. The van der Waals surface area contributed by atoms with Crippen LogP contribution in [0.5, 0.6) is 0 Å². The molecule has 1 aromatic carbocycles. The molecule has 0 saturated carbocycles. The lowest BCUT2D eigenvalue weighted by Gasteiger charge is -2.26. The van der Waals surface area contributed by atoms with E-state index in [1.165, 1.54) is 12.1 Å². The van der Waals surface area contributed by atoms with Gasteiger partial charge in [0.05, 0.1) is 5.60 Å². The summed E-state index contributed by atoms with van der Waals surface area (Å²) in [6, 6.07) is 6.34. The lowest BCUT2D eigenvalue weighted by atomic mass is 9.88. The van der Waals surface area contributed by atoms with Gasteiger partial charge in [-0.05, 0) is 37.0 Å². The van der Waals surface area contributed by atoms with E-state index in [9.17, 15) is 9.50 Å². The van der Waals surface area contributed by atoms with Crippen molar-refractivity contribution in [1.82, 2.24) is 0 Å². The highest BCUT2D eigenvalue weighted by Gasteiger charge is 2.28. The molecule has 1 aromatic rings. The Morgan fingerprint density at radius 2 is 1.94 bits per heavy atom. The molecule has 0 radical (unpaired) electrons. The number of aliphatic hydroxyl groups is 1. The Bertz CT molecular complexity index is 326. The molecule has 0 aromatic heterocycles. The van der Waals surface area contributed by atoms with E-state index >= 15 is 0 Å². The number of hydrogen-bond donors (Lipinski definition) is 1. The summed E-state index contributed by atoms with van der Waals surface area (Å²) in [5.74, 6) is -0.236. The molecule has 1 aliphatic heterocycles. The Morgan fingerprint density at radius 3 is 2.69 bits per heavy atom. The van der Waals surface area contributed by atoms with Crippen molar-refractivity contribution >= 4 is 0 Å². The topological polar surface area (TPSA) is 29.5 Å². The molecule has 1 aliphatic rings. The van der Waals surface area contributed by atoms with Crippen LogP contribution >= 0.6 is 0 Å². The van der Waals surface area contributed by atoms with Gasteiger partial charge in [-0.2, -0.15) is 0 Å². The number of rotatable bonds is 2. The van der Waals surface area contributed by atoms with Crippen molar-refractivity contribution < 1.29 is 14.2 Å². The average Bonchev–Trinajstić information content (AvgIpc) is 2.47. The monoisotopic (exact) mass is 224 g/mol. The van der Waals surface area contributed by atoms with E-state index in [0.29, 0.717) is 19.4 Å². The Hall–Kier alpha value is -0.930. The smallest absolute Gasteiger partial charge is 0.123 e. The van der Waals surface area contributed by atoms with Crippen LogP contribution in [0.3, 0.4) is 0 Å². The Morgan fingerprint density at radius 1 is 1.19 bits per heavy atom. The van der Waals surface area contributed by atoms with Crippen LogP contribution in [0.4, 0.5) is 4.39 Å². The normalized spacial score (nSPS) is 26.4. The maximum Gasteiger partial charge on any atom is 0.123 e. The zero-order valence-corrected chi connectivity index (χ0v) is 9.29. The van der Waals surface area contributed by atoms with Gasteiger partial charge in [0.1, 0.15) is 5.82 Å². The van der Waals surface area contributed by atoms with Crippen molar-refractivity contribution in [1.29, 1.82) is 0 Å². The molecule has 0 amide bonds. The Balaban J connectivity index is 2.04. The summed E-state index contributed by atoms with van der Waals surface area (Å²) in [7, 11) is 0. The maximum absolute atomic E-state index is 12.7. The average molecular weight is 224 g/mol. The zero-order chi connectivity index (χ0) is 11.4. The molecule has 1 saturated heterocycles. The van der Waals surface area contributed by atoms with Crippen molar-refractivity contribution in [2.45, 2.75) is 31.3 Å². The SMILES string of the molecule is OC1(Cc2ccc(F)cc2)CCCOCC1. The third kappa shape index (κ3) is 3.03. The van der Waals surface area contributed by atoms with Gasteiger partial charge in [0.15, 0.2) is 0 Å². The van der Waals surface area contributed by atoms with Crippen LogP contribution in [-0.2, 0) is 11.2 Å². The number of ether oxygens (including phenoxy) is 1. The van der Waals surface area contributed by atoms with Gasteiger partial charge in [-0.3, -0.25) is 0 Å². The minimum Gasteiger partial charge on any atom is -0.389 e. The van der Waals surface area contributed by atoms with Crippen molar-refractivity contribution in [2.24, 2.45) is 0 Å². The van der Waals surface area contributed by atoms with Crippen molar-refractivity contribution in [2.75, 3.05) is 13.2 Å². The van der Waals surface area contributed by atoms with E-state index in [-0.39, 0.29) is 5.82 Å². The molecule has 2 rings (SSSR count). The van der Waals surface area contributed by atoms with E-state index in [4.69, 9.17) is 4.74 Å². The summed E-state index contributed by atoms with van der Waals surface area (Å²) in [4.78, 5) is 0. The minimum absolute atomic E-state index is 0.236. The number of halogens is 1. The molecule has 2 nitrogen and oxygen atoms in total. The molecule has 88 valence electrons. The first kappa shape index (κ1) is 11.6. The molecule has 1 atom stereocenters. The molecule has 3 heteroatoms. The summed E-state index contributed by atoms with van der Waals surface area (Å²) in [6.07, 6.45) is 2.88. The van der Waals surface area contributed by atoms with Gasteiger partial charge in [0, 0.05) is 19.6 Å². The lowest BCUT2D eigenvalue weighted by molar-refractivity contribution is 0.0188. The summed E-state index contributed by atoms with van der Waals surface area (Å²) >= 11 is 0. The van der Waals surface area contributed by atoms with E-state index in [1.807, 2.05) is 0 Å². The quantitative estimate of drug-likeness (QED) is 0.835. The molecule has 1 heterocycles. The van der Waals surface area contributed by atoms with Crippen molar-refractivity contribution in [3.05, 3.63) is 35.6 Å². The van der Waals surface area contributed by atoms with Crippen LogP contribution < -0.4 is 0 Å². The molecular formula is C13H17FO2. The summed E-state index contributed by atoms with van der Waals surface area (Å²) in [5, 5.41) is 10.4. The van der Waals surface area contributed by atoms with Gasteiger partial charge in [0.25, 0.3) is 0 Å². The van der Waals surface area contributed by atoms with Gasteiger partial charge in [-0.1, -0.05) is 12.1 Å². The van der Waals surface area contributed by atoms with Crippen LogP contribution in [0.1, 0.15) is 24.8 Å². The highest BCUT2D eigenvalue weighted by Crippen LogP contribution is 2.25. The highest BCUT2D eigenvalue weighted by atomic mass is 19.1. The Labute approximate surface area is 95.1 Å². The fourth-order valence-electron chi connectivity index (χ4n) is 2.15. The van der Waals surface area contributed by atoms with E-state index in [2.05, 4.69) is 0 Å². The third-order valence-electron chi connectivity index (χ3n) is 3.09. The summed E-state index contributed by atoms with van der Waals surface area (Å²) in [5.41, 5.74) is 0.291. The first-order valence-corrected chi connectivity index (χ1v) is 5.73. The van der Waals surface area contributed by atoms with Crippen LogP contribution in [0, 0.1) is 5.82 Å². The molecule has 1 fully saturated rings. The third-order valence-corrected chi connectivity index (χ3v) is 3.09. The largest absolute Gasteiger partial charge is 0.389 e. The minimum atomic E-state index is -0.686. The predicted octanol–water partition coefficient (Wildman–Crippen LogP) is 2.30. The van der Waals surface area contributed by atoms with Crippen molar-refractivity contribution in [3.8, 4) is 0 Å². The molecular weight excluding hydrogens is 207 g/mol. The molecule has 16 heavy (non-hydrogen) atoms. The standard InChI is InChI=1S/C13H17FO2/c14-12-4-2-11(3-5-12)10-13(15)6-1-8-16-9-7-13/h2-5,15H,1,6-10H2. The molecule has 1 N–H and O–H groups in total. The van der Waals surface area contributed by atoms with Gasteiger partial charge in [0.2, 0.25) is 0 Å². The number of benzene rings is 1. The Kier molecular flexibility index (Phi) is 3.56. The van der Waals surface area contributed by atoms with Crippen LogP contribution in [0.2, 0.25) is 0 Å². The van der Waals surface area contributed by atoms with Crippen molar-refractivity contribution in [3.63, 3.8) is 0 Å². The maximum atomic E-state index is 12.7. The molecule has 0 aliphatic carbocycles. The molecule has 1 unspecified atom stereocenters. The summed E-state index contributed by atoms with van der Waals surface area (Å²) in [6.45, 7) is 1.34.